The van der Waals surface area contributed by atoms with Crippen molar-refractivity contribution in [3.63, 3.8) is 0 Å². The number of nitro benzene ring substituents is 3. The van der Waals surface area contributed by atoms with E-state index in [9.17, 15) is 39.9 Å². The first-order valence-electron chi connectivity index (χ1n) is 11.9. The van der Waals surface area contributed by atoms with Crippen LogP contribution in [-0.2, 0) is 0 Å². The fourth-order valence-electron chi connectivity index (χ4n) is 4.02. The summed E-state index contributed by atoms with van der Waals surface area (Å²) in [6, 6.07) is 20.4. The normalized spacial score (nSPS) is 10.5. The predicted molar refractivity (Wildman–Crippen MR) is 148 cm³/mol. The van der Waals surface area contributed by atoms with E-state index < -0.39 is 37.6 Å². The molecular formula is C28H20N4O9. The molecule has 0 saturated heterocycles. The molecule has 0 spiro atoms. The monoisotopic (exact) mass is 556 g/mol. The summed E-state index contributed by atoms with van der Waals surface area (Å²) in [5.74, 6) is -1.17. The van der Waals surface area contributed by atoms with E-state index in [0.29, 0.717) is 34.6 Å². The summed E-state index contributed by atoms with van der Waals surface area (Å²) in [4.78, 5) is 57.3. The second-order valence-electron chi connectivity index (χ2n) is 8.70. The van der Waals surface area contributed by atoms with Crippen LogP contribution in [0.3, 0.4) is 0 Å². The van der Waals surface area contributed by atoms with Gasteiger partial charge in [-0.05, 0) is 74.5 Å². The number of non-ortho nitro benzene ring substituents is 1. The quantitative estimate of drug-likeness (QED) is 0.111. The molecule has 4 rings (SSSR count). The van der Waals surface area contributed by atoms with Crippen molar-refractivity contribution in [1.82, 2.24) is 0 Å². The molecular weight excluding hydrogens is 536 g/mol. The molecule has 4 aromatic rings. The minimum absolute atomic E-state index is 0.0566. The second-order valence-corrected chi connectivity index (χ2v) is 8.70. The van der Waals surface area contributed by atoms with E-state index in [4.69, 9.17) is 4.74 Å². The number of benzene rings is 4. The van der Waals surface area contributed by atoms with E-state index in [2.05, 4.69) is 0 Å². The number of hydrogen-bond acceptors (Lipinski definition) is 10. The maximum absolute atomic E-state index is 11.8. The average molecular weight is 556 g/mol. The molecule has 0 amide bonds. The number of ketones is 2. The molecule has 0 fully saturated rings. The molecule has 0 N–H and O–H groups in total. The summed E-state index contributed by atoms with van der Waals surface area (Å²) in [7, 11) is 0. The molecule has 0 bridgehead atoms. The summed E-state index contributed by atoms with van der Waals surface area (Å²) in [5, 5.41) is 34.9. The lowest BCUT2D eigenvalue weighted by Crippen LogP contribution is -2.12. The second kappa shape index (κ2) is 11.4. The Morgan fingerprint density at radius 2 is 1.10 bits per heavy atom. The average Bonchev–Trinajstić information content (AvgIpc) is 2.94. The molecule has 0 radical (unpaired) electrons. The lowest BCUT2D eigenvalue weighted by molar-refractivity contribution is -0.404. The smallest absolute Gasteiger partial charge is 0.325 e. The van der Waals surface area contributed by atoms with Crippen molar-refractivity contribution in [3.8, 4) is 11.5 Å². The molecule has 206 valence electrons. The molecule has 0 atom stereocenters. The summed E-state index contributed by atoms with van der Waals surface area (Å²) in [5.41, 5.74) is -0.566. The van der Waals surface area contributed by atoms with Crippen LogP contribution in [0.25, 0.3) is 0 Å². The molecule has 13 nitrogen and oxygen atoms in total. The van der Waals surface area contributed by atoms with Gasteiger partial charge in [-0.15, -0.1) is 0 Å². The summed E-state index contributed by atoms with van der Waals surface area (Å²) in [6.45, 7) is 2.83. The molecule has 0 aliphatic carbocycles. The Balaban J connectivity index is 1.93. The zero-order valence-electron chi connectivity index (χ0n) is 21.5. The Morgan fingerprint density at radius 3 is 1.49 bits per heavy atom. The topological polar surface area (TPSA) is 176 Å². The Hall–Kier alpha value is -5.98. The number of rotatable bonds is 10. The third-order valence-corrected chi connectivity index (χ3v) is 6.02. The van der Waals surface area contributed by atoms with E-state index in [1.165, 1.54) is 26.0 Å². The van der Waals surface area contributed by atoms with Gasteiger partial charge in [-0.3, -0.25) is 39.9 Å². The third kappa shape index (κ3) is 5.88. The maximum Gasteiger partial charge on any atom is 0.325 e. The van der Waals surface area contributed by atoms with Crippen LogP contribution in [0.4, 0.5) is 34.1 Å². The van der Waals surface area contributed by atoms with Crippen molar-refractivity contribution in [1.29, 1.82) is 0 Å². The number of carbonyl (C=O) groups is 2. The van der Waals surface area contributed by atoms with Crippen LogP contribution >= 0.6 is 0 Å². The highest BCUT2D eigenvalue weighted by atomic mass is 16.6. The van der Waals surface area contributed by atoms with Crippen LogP contribution in [0.15, 0.2) is 84.9 Å². The molecule has 0 aliphatic heterocycles. The largest absolute Gasteiger partial charge is 0.442 e. The number of Topliss-reactive ketones (excluding diaryl/α,β-unsaturated/α-hetero) is 2. The van der Waals surface area contributed by atoms with Crippen molar-refractivity contribution >= 4 is 45.7 Å². The van der Waals surface area contributed by atoms with Gasteiger partial charge in [0.25, 0.3) is 11.4 Å². The van der Waals surface area contributed by atoms with Crippen LogP contribution in [0, 0.1) is 30.3 Å². The standard InChI is InChI=1S/C28H20N4O9/c1-17(33)19-7-11-21(12-8-19)29(22-13-9-20(10-14-22)18(2)34)24-5-3-4-6-27(24)41-28-25(31(37)38)15-23(30(35)36)16-26(28)32(39)40/h3-16H,1-2H3. The highest BCUT2D eigenvalue weighted by molar-refractivity contribution is 5.96. The summed E-state index contributed by atoms with van der Waals surface area (Å²) >= 11 is 0. The van der Waals surface area contributed by atoms with Gasteiger partial charge < -0.3 is 9.64 Å². The molecule has 4 aromatic carbocycles. The Bertz CT molecular complexity index is 1610. The first-order chi connectivity index (χ1) is 19.5. The van der Waals surface area contributed by atoms with Gasteiger partial charge in [0.05, 0.1) is 32.6 Å². The number of para-hydroxylation sites is 2. The van der Waals surface area contributed by atoms with E-state index in [1.807, 2.05) is 0 Å². The third-order valence-electron chi connectivity index (χ3n) is 6.02. The molecule has 0 saturated carbocycles. The maximum atomic E-state index is 11.8. The lowest BCUT2D eigenvalue weighted by Gasteiger charge is -2.27. The highest BCUT2D eigenvalue weighted by Crippen LogP contribution is 2.47. The fraction of sp³-hybridized carbons (Fsp3) is 0.0714. The first kappa shape index (κ1) is 28.0. The highest BCUT2D eigenvalue weighted by Gasteiger charge is 2.33. The van der Waals surface area contributed by atoms with Crippen LogP contribution in [0.2, 0.25) is 0 Å². The van der Waals surface area contributed by atoms with Crippen LogP contribution in [0.1, 0.15) is 34.6 Å². The Labute approximate surface area is 231 Å². The van der Waals surface area contributed by atoms with E-state index in [-0.39, 0.29) is 23.0 Å². The molecule has 0 heterocycles. The molecule has 41 heavy (non-hydrogen) atoms. The van der Waals surface area contributed by atoms with Crippen LogP contribution in [-0.4, -0.2) is 26.3 Å². The molecule has 0 aromatic heterocycles. The predicted octanol–water partition coefficient (Wildman–Crippen LogP) is 7.08. The molecule has 0 unspecified atom stereocenters. The first-order valence-corrected chi connectivity index (χ1v) is 11.9. The van der Waals surface area contributed by atoms with Crippen molar-refractivity contribution in [3.05, 3.63) is 126 Å². The zero-order chi connectivity index (χ0) is 29.8. The van der Waals surface area contributed by atoms with E-state index in [1.54, 1.807) is 65.6 Å². The van der Waals surface area contributed by atoms with Gasteiger partial charge in [-0.25, -0.2) is 0 Å². The number of hydrogen-bond donors (Lipinski definition) is 0. The molecule has 13 heteroatoms. The van der Waals surface area contributed by atoms with Gasteiger partial charge in [0, 0.05) is 22.5 Å². The van der Waals surface area contributed by atoms with Gasteiger partial charge in [-0.2, -0.15) is 0 Å². The van der Waals surface area contributed by atoms with Crippen LogP contribution in [0.5, 0.6) is 11.5 Å². The van der Waals surface area contributed by atoms with Crippen LogP contribution < -0.4 is 9.64 Å². The van der Waals surface area contributed by atoms with Gasteiger partial charge >= 0.3 is 11.4 Å². The van der Waals surface area contributed by atoms with Gasteiger partial charge in [-0.1, -0.05) is 12.1 Å². The Morgan fingerprint density at radius 1 is 0.659 bits per heavy atom. The van der Waals surface area contributed by atoms with Gasteiger partial charge in [0.15, 0.2) is 17.3 Å². The van der Waals surface area contributed by atoms with Crippen molar-refractivity contribution < 1.29 is 29.1 Å². The van der Waals surface area contributed by atoms with E-state index >= 15 is 0 Å². The zero-order valence-corrected chi connectivity index (χ0v) is 21.5. The number of nitrogens with zero attached hydrogens (tertiary/aromatic N) is 4. The number of carbonyl (C=O) groups excluding carboxylic acids is 2. The van der Waals surface area contributed by atoms with Crippen molar-refractivity contribution in [2.24, 2.45) is 0 Å². The summed E-state index contributed by atoms with van der Waals surface area (Å²) < 4.78 is 5.82. The SMILES string of the molecule is CC(=O)c1ccc(N(c2ccc(C(C)=O)cc2)c2ccccc2Oc2c([N+](=O)[O-])cc([N+](=O)[O-])cc2[N+](=O)[O-])cc1. The Kier molecular flexibility index (Phi) is 7.80. The minimum Gasteiger partial charge on any atom is -0.442 e. The number of ether oxygens (including phenoxy) is 1. The van der Waals surface area contributed by atoms with Gasteiger partial charge in [0.1, 0.15) is 0 Å². The number of anilines is 3. The van der Waals surface area contributed by atoms with Crippen molar-refractivity contribution in [2.75, 3.05) is 4.90 Å². The fourth-order valence-corrected chi connectivity index (χ4v) is 4.02. The van der Waals surface area contributed by atoms with Crippen molar-refractivity contribution in [2.45, 2.75) is 13.8 Å². The minimum atomic E-state index is -1.00. The lowest BCUT2D eigenvalue weighted by atomic mass is 10.1. The summed E-state index contributed by atoms with van der Waals surface area (Å²) in [6.07, 6.45) is 0. The number of nitro groups is 3. The molecule has 0 aliphatic rings. The van der Waals surface area contributed by atoms with E-state index in [0.717, 1.165) is 0 Å². The van der Waals surface area contributed by atoms with Gasteiger partial charge in [0.2, 0.25) is 0 Å².